The van der Waals surface area contributed by atoms with Gasteiger partial charge in [0.2, 0.25) is 0 Å². The average molecular weight is 216 g/mol. The number of nitriles is 1. The van der Waals surface area contributed by atoms with E-state index in [1.54, 1.807) is 0 Å². The lowest BCUT2D eigenvalue weighted by Gasteiger charge is -2.26. The van der Waals surface area contributed by atoms with E-state index in [9.17, 15) is 0 Å². The summed E-state index contributed by atoms with van der Waals surface area (Å²) in [5, 5.41) is 9.11. The van der Waals surface area contributed by atoms with Gasteiger partial charge in [0.05, 0.1) is 11.5 Å². The number of benzene rings is 1. The van der Waals surface area contributed by atoms with Gasteiger partial charge < -0.3 is 5.73 Å². The third-order valence-corrected chi connectivity index (χ3v) is 3.28. The van der Waals surface area contributed by atoms with Crippen molar-refractivity contribution in [1.29, 1.82) is 5.26 Å². The summed E-state index contributed by atoms with van der Waals surface area (Å²) in [6, 6.07) is 6.28. The van der Waals surface area contributed by atoms with E-state index < -0.39 is 5.41 Å². The monoisotopic (exact) mass is 216 g/mol. The van der Waals surface area contributed by atoms with E-state index in [1.165, 1.54) is 16.7 Å². The van der Waals surface area contributed by atoms with Crippen molar-refractivity contribution in [2.45, 2.75) is 40.7 Å². The van der Waals surface area contributed by atoms with E-state index in [0.29, 0.717) is 0 Å². The Hall–Kier alpha value is -1.33. The zero-order chi connectivity index (χ0) is 12.5. The molecule has 1 aromatic carbocycles. The van der Waals surface area contributed by atoms with Gasteiger partial charge in [0.25, 0.3) is 0 Å². The van der Waals surface area contributed by atoms with Crippen molar-refractivity contribution in [3.8, 4) is 6.07 Å². The summed E-state index contributed by atoms with van der Waals surface area (Å²) in [6.45, 7) is 9.98. The Morgan fingerprint density at radius 3 is 2.12 bits per heavy atom. The Morgan fingerprint density at radius 1 is 1.12 bits per heavy atom. The molecule has 1 unspecified atom stereocenters. The van der Waals surface area contributed by atoms with Gasteiger partial charge in [0, 0.05) is 6.04 Å². The van der Waals surface area contributed by atoms with E-state index in [2.05, 4.69) is 39.0 Å². The van der Waals surface area contributed by atoms with Gasteiger partial charge >= 0.3 is 0 Å². The molecule has 0 saturated heterocycles. The molecule has 0 aliphatic rings. The predicted molar refractivity (Wildman–Crippen MR) is 67.0 cm³/mol. The molecule has 2 heteroatoms. The molecule has 0 fully saturated rings. The van der Waals surface area contributed by atoms with E-state index in [1.807, 2.05) is 13.8 Å². The first-order valence-corrected chi connectivity index (χ1v) is 5.54. The Balaban J connectivity index is 3.25. The second-order valence-corrected chi connectivity index (χ2v) is 5.10. The number of rotatable bonds is 2. The molecule has 2 N–H and O–H groups in total. The zero-order valence-corrected chi connectivity index (χ0v) is 10.8. The summed E-state index contributed by atoms with van der Waals surface area (Å²) in [4.78, 5) is 0. The first kappa shape index (κ1) is 12.7. The predicted octanol–water partition coefficient (Wildman–Crippen LogP) is 3.16. The van der Waals surface area contributed by atoms with Crippen LogP contribution in [0.4, 0.5) is 0 Å². The van der Waals surface area contributed by atoms with Gasteiger partial charge in [-0.1, -0.05) is 12.1 Å². The van der Waals surface area contributed by atoms with Crippen LogP contribution in [-0.2, 0) is 0 Å². The average Bonchev–Trinajstić information content (AvgIpc) is 2.22. The highest BCUT2D eigenvalue weighted by molar-refractivity contribution is 5.39. The van der Waals surface area contributed by atoms with E-state index in [0.717, 1.165) is 5.56 Å². The quantitative estimate of drug-likeness (QED) is 0.825. The number of hydrogen-bond acceptors (Lipinski definition) is 2. The van der Waals surface area contributed by atoms with Gasteiger partial charge in [0.15, 0.2) is 0 Å². The van der Waals surface area contributed by atoms with Crippen LogP contribution in [0.5, 0.6) is 0 Å². The van der Waals surface area contributed by atoms with Crippen molar-refractivity contribution in [1.82, 2.24) is 0 Å². The van der Waals surface area contributed by atoms with Crippen LogP contribution >= 0.6 is 0 Å². The van der Waals surface area contributed by atoms with Crippen LogP contribution in [0.3, 0.4) is 0 Å². The standard InChI is InChI=1S/C14H20N2/c1-9-6-11(3)12(7-10(9)2)13(16)14(4,5)8-15/h6-7,13H,16H2,1-5H3. The van der Waals surface area contributed by atoms with Gasteiger partial charge in [-0.3, -0.25) is 0 Å². The molecule has 0 aliphatic carbocycles. The molecule has 2 nitrogen and oxygen atoms in total. The summed E-state index contributed by atoms with van der Waals surface area (Å²) in [7, 11) is 0. The zero-order valence-electron chi connectivity index (χ0n) is 10.8. The van der Waals surface area contributed by atoms with Crippen LogP contribution in [0.1, 0.15) is 42.1 Å². The molecular weight excluding hydrogens is 196 g/mol. The van der Waals surface area contributed by atoms with Crippen LogP contribution in [0.15, 0.2) is 12.1 Å². The number of nitrogens with zero attached hydrogens (tertiary/aromatic N) is 1. The fourth-order valence-electron chi connectivity index (χ4n) is 1.78. The molecule has 0 aliphatic heterocycles. The third-order valence-electron chi connectivity index (χ3n) is 3.28. The van der Waals surface area contributed by atoms with Crippen molar-refractivity contribution in [2.75, 3.05) is 0 Å². The van der Waals surface area contributed by atoms with Crippen LogP contribution in [0.2, 0.25) is 0 Å². The highest BCUT2D eigenvalue weighted by Gasteiger charge is 2.28. The van der Waals surface area contributed by atoms with Crippen molar-refractivity contribution in [3.05, 3.63) is 34.4 Å². The fraction of sp³-hybridized carbons (Fsp3) is 0.500. The molecule has 16 heavy (non-hydrogen) atoms. The topological polar surface area (TPSA) is 49.8 Å². The fourth-order valence-corrected chi connectivity index (χ4v) is 1.78. The van der Waals surface area contributed by atoms with Crippen LogP contribution in [-0.4, -0.2) is 0 Å². The van der Waals surface area contributed by atoms with Crippen LogP contribution < -0.4 is 5.73 Å². The van der Waals surface area contributed by atoms with Gasteiger partial charge in [0.1, 0.15) is 0 Å². The minimum Gasteiger partial charge on any atom is -0.323 e. The maximum atomic E-state index is 9.11. The third kappa shape index (κ3) is 2.25. The van der Waals surface area contributed by atoms with Crippen LogP contribution in [0.25, 0.3) is 0 Å². The Bertz CT molecular complexity index is 439. The lowest BCUT2D eigenvalue weighted by atomic mass is 9.80. The normalized spacial score (nSPS) is 13.3. The van der Waals surface area contributed by atoms with Crippen molar-refractivity contribution < 1.29 is 0 Å². The molecule has 0 bridgehead atoms. The molecule has 1 atom stereocenters. The Morgan fingerprint density at radius 2 is 1.62 bits per heavy atom. The van der Waals surface area contributed by atoms with Gasteiger partial charge in [-0.05, 0) is 56.9 Å². The largest absolute Gasteiger partial charge is 0.323 e. The Labute approximate surface area is 98.1 Å². The van der Waals surface area contributed by atoms with Crippen molar-refractivity contribution in [2.24, 2.45) is 11.1 Å². The summed E-state index contributed by atoms with van der Waals surface area (Å²) >= 11 is 0. The lowest BCUT2D eigenvalue weighted by Crippen LogP contribution is -2.28. The molecule has 0 heterocycles. The van der Waals surface area contributed by atoms with E-state index in [-0.39, 0.29) is 6.04 Å². The summed E-state index contributed by atoms with van der Waals surface area (Å²) in [5.74, 6) is 0. The highest BCUT2D eigenvalue weighted by Crippen LogP contribution is 2.33. The summed E-state index contributed by atoms with van der Waals surface area (Å²) in [6.07, 6.45) is 0. The second kappa shape index (κ2) is 4.27. The van der Waals surface area contributed by atoms with Gasteiger partial charge in [-0.25, -0.2) is 0 Å². The summed E-state index contributed by atoms with van der Waals surface area (Å²) in [5.41, 5.74) is 10.4. The van der Waals surface area contributed by atoms with Crippen molar-refractivity contribution in [3.63, 3.8) is 0 Å². The van der Waals surface area contributed by atoms with Gasteiger partial charge in [-0.2, -0.15) is 5.26 Å². The highest BCUT2D eigenvalue weighted by atomic mass is 14.7. The smallest absolute Gasteiger partial charge is 0.0710 e. The lowest BCUT2D eigenvalue weighted by molar-refractivity contribution is 0.392. The van der Waals surface area contributed by atoms with Crippen LogP contribution in [0, 0.1) is 37.5 Å². The number of nitrogens with two attached hydrogens (primary N) is 1. The Kier molecular flexibility index (Phi) is 3.40. The maximum Gasteiger partial charge on any atom is 0.0710 e. The molecule has 1 rings (SSSR count). The molecule has 86 valence electrons. The molecule has 0 spiro atoms. The van der Waals surface area contributed by atoms with Crippen molar-refractivity contribution >= 4 is 0 Å². The van der Waals surface area contributed by atoms with E-state index in [4.69, 9.17) is 11.0 Å². The SMILES string of the molecule is Cc1cc(C)c(C(N)C(C)(C)C#N)cc1C. The molecule has 0 amide bonds. The minimum absolute atomic E-state index is 0.239. The molecule has 1 aromatic rings. The molecule has 0 radical (unpaired) electrons. The molecular formula is C14H20N2. The molecule has 0 aromatic heterocycles. The summed E-state index contributed by atoms with van der Waals surface area (Å²) < 4.78 is 0. The second-order valence-electron chi connectivity index (χ2n) is 5.10. The maximum absolute atomic E-state index is 9.11. The van der Waals surface area contributed by atoms with E-state index >= 15 is 0 Å². The van der Waals surface area contributed by atoms with Gasteiger partial charge in [-0.15, -0.1) is 0 Å². The minimum atomic E-state index is -0.535. The first-order valence-electron chi connectivity index (χ1n) is 5.54. The number of aryl methyl sites for hydroxylation is 3. The first-order chi connectivity index (χ1) is 7.29. The molecule has 0 saturated carbocycles. The number of hydrogen-bond donors (Lipinski definition) is 1.